The molecule has 0 fully saturated rings. The predicted molar refractivity (Wildman–Crippen MR) is 135 cm³/mol. The molecule has 1 heterocycles. The van der Waals surface area contributed by atoms with Crippen molar-refractivity contribution in [2.24, 2.45) is 5.14 Å². The molecule has 1 aromatic heterocycles. The van der Waals surface area contributed by atoms with E-state index in [0.717, 1.165) is 16.5 Å². The number of ether oxygens (including phenoxy) is 3. The fourth-order valence-corrected chi connectivity index (χ4v) is 4.24. The van der Waals surface area contributed by atoms with Gasteiger partial charge < -0.3 is 19.5 Å². The first kappa shape index (κ1) is 24.2. The summed E-state index contributed by atoms with van der Waals surface area (Å²) in [6.45, 7) is 0.574. The number of anilines is 1. The molecule has 0 aliphatic rings. The van der Waals surface area contributed by atoms with Crippen molar-refractivity contribution >= 4 is 26.7 Å². The highest BCUT2D eigenvalue weighted by atomic mass is 32.2. The summed E-state index contributed by atoms with van der Waals surface area (Å²) in [6, 6.07) is 17.9. The van der Waals surface area contributed by atoms with Gasteiger partial charge in [-0.3, -0.25) is 0 Å². The first-order chi connectivity index (χ1) is 16.8. The number of nitrogens with one attached hydrogen (secondary N) is 1. The van der Waals surface area contributed by atoms with Crippen molar-refractivity contribution in [1.29, 1.82) is 0 Å². The maximum atomic E-state index is 11.5. The summed E-state index contributed by atoms with van der Waals surface area (Å²) >= 11 is 0. The van der Waals surface area contributed by atoms with Gasteiger partial charge in [-0.1, -0.05) is 24.3 Å². The molecule has 0 amide bonds. The lowest BCUT2D eigenvalue weighted by atomic mass is 10.1. The molecule has 0 unspecified atom stereocenters. The molecular weight excluding hydrogens is 468 g/mol. The molecule has 4 aromatic rings. The van der Waals surface area contributed by atoms with E-state index in [1.807, 2.05) is 36.4 Å². The SMILES string of the molecule is COc1cc(-c2nc(NCCc3ccc(S(N)(=O)=O)cc3)c3ccccc3n2)cc(OC)c1OC. The van der Waals surface area contributed by atoms with Gasteiger partial charge in [0.1, 0.15) is 5.82 Å². The maximum absolute atomic E-state index is 11.5. The molecule has 3 N–H and O–H groups in total. The molecule has 0 saturated heterocycles. The minimum atomic E-state index is -3.71. The van der Waals surface area contributed by atoms with Crippen LogP contribution in [0.25, 0.3) is 22.3 Å². The summed E-state index contributed by atoms with van der Waals surface area (Å²) in [5, 5.41) is 9.45. The summed E-state index contributed by atoms with van der Waals surface area (Å²) in [4.78, 5) is 9.61. The number of benzene rings is 3. The summed E-state index contributed by atoms with van der Waals surface area (Å²) in [5.74, 6) is 2.70. The lowest BCUT2D eigenvalue weighted by molar-refractivity contribution is 0.324. The van der Waals surface area contributed by atoms with E-state index < -0.39 is 10.0 Å². The van der Waals surface area contributed by atoms with Crippen molar-refractivity contribution in [3.8, 4) is 28.6 Å². The number of hydrogen-bond acceptors (Lipinski definition) is 8. The summed E-state index contributed by atoms with van der Waals surface area (Å²) < 4.78 is 39.3. The Morgan fingerprint density at radius 2 is 1.54 bits per heavy atom. The Hall–Kier alpha value is -3.89. The standard InChI is InChI=1S/C25H26N4O5S/c1-32-21-14-17(15-22(33-2)23(21)34-3)24-28-20-7-5-4-6-19(20)25(29-24)27-13-12-16-8-10-18(11-9-16)35(26,30)31/h4-11,14-15H,12-13H2,1-3H3,(H2,26,30,31)(H,27,28,29). The van der Waals surface area contributed by atoms with Gasteiger partial charge >= 0.3 is 0 Å². The predicted octanol–water partition coefficient (Wildman–Crippen LogP) is 3.62. The van der Waals surface area contributed by atoms with Gasteiger partial charge in [0, 0.05) is 17.5 Å². The van der Waals surface area contributed by atoms with Crippen LogP contribution in [0, 0.1) is 0 Å². The van der Waals surface area contributed by atoms with Crippen molar-refractivity contribution in [2.45, 2.75) is 11.3 Å². The number of fused-ring (bicyclic) bond motifs is 1. The second-order valence-corrected chi connectivity index (χ2v) is 9.25. The van der Waals surface area contributed by atoms with E-state index >= 15 is 0 Å². The molecule has 0 aliphatic carbocycles. The van der Waals surface area contributed by atoms with Gasteiger partial charge in [0.25, 0.3) is 0 Å². The number of para-hydroxylation sites is 1. The molecule has 0 spiro atoms. The minimum absolute atomic E-state index is 0.0889. The van der Waals surface area contributed by atoms with E-state index in [0.29, 0.717) is 47.4 Å². The van der Waals surface area contributed by atoms with Crippen LogP contribution in [-0.4, -0.2) is 46.3 Å². The van der Waals surface area contributed by atoms with Crippen molar-refractivity contribution < 1.29 is 22.6 Å². The fraction of sp³-hybridized carbons (Fsp3) is 0.200. The van der Waals surface area contributed by atoms with Gasteiger partial charge in [-0.25, -0.2) is 23.5 Å². The monoisotopic (exact) mass is 494 g/mol. The van der Waals surface area contributed by atoms with Crippen LogP contribution < -0.4 is 24.7 Å². The van der Waals surface area contributed by atoms with Crippen LogP contribution in [0.4, 0.5) is 5.82 Å². The second kappa shape index (κ2) is 10.2. The minimum Gasteiger partial charge on any atom is -0.493 e. The van der Waals surface area contributed by atoms with Crippen LogP contribution in [-0.2, 0) is 16.4 Å². The number of rotatable bonds is 9. The third kappa shape index (κ3) is 5.28. The quantitative estimate of drug-likeness (QED) is 0.361. The summed E-state index contributed by atoms with van der Waals surface area (Å²) in [5.41, 5.74) is 2.46. The Morgan fingerprint density at radius 1 is 0.886 bits per heavy atom. The van der Waals surface area contributed by atoms with Gasteiger partial charge in [-0.15, -0.1) is 0 Å². The highest BCUT2D eigenvalue weighted by molar-refractivity contribution is 7.89. The Balaban J connectivity index is 1.64. The molecule has 4 rings (SSSR count). The van der Waals surface area contributed by atoms with E-state index in [-0.39, 0.29) is 4.90 Å². The molecule has 0 bridgehead atoms. The van der Waals surface area contributed by atoms with Gasteiger partial charge in [0.05, 0.1) is 31.7 Å². The fourth-order valence-electron chi connectivity index (χ4n) is 3.72. The maximum Gasteiger partial charge on any atom is 0.238 e. The van der Waals surface area contributed by atoms with Crippen LogP contribution in [0.2, 0.25) is 0 Å². The number of nitrogens with two attached hydrogens (primary N) is 1. The van der Waals surface area contributed by atoms with E-state index in [4.69, 9.17) is 29.3 Å². The highest BCUT2D eigenvalue weighted by Crippen LogP contribution is 2.41. The van der Waals surface area contributed by atoms with Crippen molar-refractivity contribution in [2.75, 3.05) is 33.2 Å². The van der Waals surface area contributed by atoms with Crippen LogP contribution in [0.1, 0.15) is 5.56 Å². The number of hydrogen-bond donors (Lipinski definition) is 2. The van der Waals surface area contributed by atoms with E-state index in [1.54, 1.807) is 33.5 Å². The Bertz CT molecular complexity index is 1430. The first-order valence-electron chi connectivity index (χ1n) is 10.8. The number of primary sulfonamides is 1. The average molecular weight is 495 g/mol. The third-order valence-electron chi connectivity index (χ3n) is 5.48. The number of sulfonamides is 1. The van der Waals surface area contributed by atoms with Crippen LogP contribution in [0.5, 0.6) is 17.2 Å². The molecule has 9 nitrogen and oxygen atoms in total. The summed E-state index contributed by atoms with van der Waals surface area (Å²) in [6.07, 6.45) is 0.655. The Labute approximate surface area is 203 Å². The highest BCUT2D eigenvalue weighted by Gasteiger charge is 2.17. The molecule has 0 radical (unpaired) electrons. The zero-order valence-corrected chi connectivity index (χ0v) is 20.4. The zero-order chi connectivity index (χ0) is 25.0. The largest absolute Gasteiger partial charge is 0.493 e. The van der Waals surface area contributed by atoms with Crippen LogP contribution in [0.15, 0.2) is 65.6 Å². The van der Waals surface area contributed by atoms with E-state index in [1.165, 1.54) is 12.1 Å². The molecule has 0 atom stereocenters. The lowest BCUT2D eigenvalue weighted by Gasteiger charge is -2.15. The molecule has 0 aliphatic heterocycles. The molecule has 10 heteroatoms. The summed E-state index contributed by atoms with van der Waals surface area (Å²) in [7, 11) is 0.962. The molecule has 3 aromatic carbocycles. The number of aromatic nitrogens is 2. The molecule has 35 heavy (non-hydrogen) atoms. The molecule has 0 saturated carbocycles. The first-order valence-corrected chi connectivity index (χ1v) is 12.3. The Morgan fingerprint density at radius 3 is 2.14 bits per heavy atom. The average Bonchev–Trinajstić information content (AvgIpc) is 2.87. The van der Waals surface area contributed by atoms with Crippen molar-refractivity contribution in [1.82, 2.24) is 9.97 Å². The number of nitrogens with zero attached hydrogens (tertiary/aromatic N) is 2. The topological polar surface area (TPSA) is 126 Å². The third-order valence-corrected chi connectivity index (χ3v) is 6.41. The number of methoxy groups -OCH3 is 3. The van der Waals surface area contributed by atoms with Gasteiger partial charge in [0.2, 0.25) is 15.8 Å². The lowest BCUT2D eigenvalue weighted by Crippen LogP contribution is -2.12. The smallest absolute Gasteiger partial charge is 0.238 e. The van der Waals surface area contributed by atoms with Crippen LogP contribution in [0.3, 0.4) is 0 Å². The van der Waals surface area contributed by atoms with Gasteiger partial charge in [-0.05, 0) is 48.4 Å². The molecular formula is C25H26N4O5S. The zero-order valence-electron chi connectivity index (χ0n) is 19.6. The van der Waals surface area contributed by atoms with Crippen molar-refractivity contribution in [3.63, 3.8) is 0 Å². The van der Waals surface area contributed by atoms with E-state index in [9.17, 15) is 8.42 Å². The van der Waals surface area contributed by atoms with Gasteiger partial charge in [0.15, 0.2) is 17.3 Å². The molecule has 182 valence electrons. The second-order valence-electron chi connectivity index (χ2n) is 7.69. The van der Waals surface area contributed by atoms with Crippen molar-refractivity contribution in [3.05, 3.63) is 66.2 Å². The Kier molecular flexibility index (Phi) is 7.04. The normalized spacial score (nSPS) is 11.3. The van der Waals surface area contributed by atoms with Gasteiger partial charge in [-0.2, -0.15) is 0 Å². The van der Waals surface area contributed by atoms with Crippen LogP contribution >= 0.6 is 0 Å². The van der Waals surface area contributed by atoms with E-state index in [2.05, 4.69) is 5.32 Å².